The summed E-state index contributed by atoms with van der Waals surface area (Å²) in [5.74, 6) is 0.569. The predicted octanol–water partition coefficient (Wildman–Crippen LogP) is 5.15. The van der Waals surface area contributed by atoms with Crippen LogP contribution in [-0.2, 0) is 0 Å². The highest BCUT2D eigenvalue weighted by molar-refractivity contribution is 7.15. The first-order valence-electron chi connectivity index (χ1n) is 9.94. The second-order valence-electron chi connectivity index (χ2n) is 7.42. The molecule has 3 aromatic rings. The Balaban J connectivity index is 1.39. The fourth-order valence-corrected chi connectivity index (χ4v) is 4.91. The van der Waals surface area contributed by atoms with Crippen molar-refractivity contribution in [3.8, 4) is 10.6 Å². The number of hydrogen-bond acceptors (Lipinski definition) is 7. The first-order chi connectivity index (χ1) is 14.9. The van der Waals surface area contributed by atoms with Crippen LogP contribution in [-0.4, -0.2) is 44.9 Å². The Labute approximate surface area is 194 Å². The minimum Gasteiger partial charge on any atom is -0.351 e. The molecule has 1 fully saturated rings. The number of anilines is 2. The average Bonchev–Trinajstić information content (AvgIpc) is 3.13. The van der Waals surface area contributed by atoms with Gasteiger partial charge in [-0.05, 0) is 51.0 Å². The van der Waals surface area contributed by atoms with Gasteiger partial charge in [-0.1, -0.05) is 11.6 Å². The first kappa shape index (κ1) is 21.8. The molecule has 7 nitrogen and oxygen atoms in total. The number of rotatable bonds is 5. The van der Waals surface area contributed by atoms with Gasteiger partial charge in [-0.25, -0.2) is 15.0 Å². The zero-order valence-electron chi connectivity index (χ0n) is 17.2. The number of aromatic nitrogens is 3. The molecule has 0 radical (unpaired) electrons. The van der Waals surface area contributed by atoms with Crippen LogP contribution in [0.4, 0.5) is 11.6 Å². The molecule has 0 bridgehead atoms. The van der Waals surface area contributed by atoms with Crippen LogP contribution in [0.25, 0.3) is 10.6 Å². The summed E-state index contributed by atoms with van der Waals surface area (Å²) in [4.78, 5) is 31.6. The average molecular weight is 477 g/mol. The standard InChI is InChI=1S/C21H22Cl2N6OS/c1-12-19(31-13(2)25-12)18-17(22)11-24-21(27-18)26-15-7-9-29(10-8-15)20(30)14-3-5-16(28-23)6-4-14/h3-6,11,15,28H,7-10H2,1-2H3,(H,24,26,27). The minimum absolute atomic E-state index is 0.0284. The number of amides is 1. The number of likely N-dealkylation sites (tertiary alicyclic amines) is 1. The first-order valence-corrected chi connectivity index (χ1v) is 11.5. The third kappa shape index (κ3) is 4.92. The van der Waals surface area contributed by atoms with Gasteiger partial charge in [0.2, 0.25) is 5.95 Å². The van der Waals surface area contributed by atoms with Crippen molar-refractivity contribution >= 4 is 52.3 Å². The molecule has 31 heavy (non-hydrogen) atoms. The van der Waals surface area contributed by atoms with Gasteiger partial charge in [-0.15, -0.1) is 11.3 Å². The van der Waals surface area contributed by atoms with Gasteiger partial charge >= 0.3 is 0 Å². The molecular formula is C21H22Cl2N6OS. The van der Waals surface area contributed by atoms with Crippen LogP contribution in [0.2, 0.25) is 5.02 Å². The molecule has 2 aromatic heterocycles. The largest absolute Gasteiger partial charge is 0.351 e. The number of carbonyl (C=O) groups excluding carboxylic acids is 1. The lowest BCUT2D eigenvalue weighted by molar-refractivity contribution is 0.0718. The zero-order valence-corrected chi connectivity index (χ0v) is 19.5. The molecule has 1 aliphatic heterocycles. The van der Waals surface area contributed by atoms with Crippen molar-refractivity contribution in [1.29, 1.82) is 0 Å². The summed E-state index contributed by atoms with van der Waals surface area (Å²) in [5, 5.41) is 4.88. The topological polar surface area (TPSA) is 83.0 Å². The van der Waals surface area contributed by atoms with Crippen molar-refractivity contribution in [2.24, 2.45) is 0 Å². The van der Waals surface area contributed by atoms with Crippen molar-refractivity contribution in [3.63, 3.8) is 0 Å². The number of benzene rings is 1. The lowest BCUT2D eigenvalue weighted by Crippen LogP contribution is -2.42. The van der Waals surface area contributed by atoms with Gasteiger partial charge in [-0.3, -0.25) is 9.63 Å². The van der Waals surface area contributed by atoms with Crippen molar-refractivity contribution in [3.05, 3.63) is 51.7 Å². The van der Waals surface area contributed by atoms with Gasteiger partial charge < -0.3 is 10.2 Å². The van der Waals surface area contributed by atoms with Crippen LogP contribution < -0.4 is 10.2 Å². The van der Waals surface area contributed by atoms with Crippen LogP contribution in [0.5, 0.6) is 0 Å². The Morgan fingerprint density at radius 1 is 1.16 bits per heavy atom. The van der Waals surface area contributed by atoms with E-state index < -0.39 is 0 Å². The second-order valence-corrected chi connectivity index (χ2v) is 9.22. The minimum atomic E-state index is 0.0284. The van der Waals surface area contributed by atoms with E-state index in [9.17, 15) is 4.79 Å². The summed E-state index contributed by atoms with van der Waals surface area (Å²) in [6.07, 6.45) is 3.25. The summed E-state index contributed by atoms with van der Waals surface area (Å²) in [7, 11) is 0. The molecule has 0 spiro atoms. The number of nitrogens with zero attached hydrogens (tertiary/aromatic N) is 4. The SMILES string of the molecule is Cc1nc(C)c(-c2nc(NC3CCN(C(=O)c4ccc(NCl)cc4)CC3)ncc2Cl)s1. The van der Waals surface area contributed by atoms with E-state index in [1.54, 1.807) is 41.8 Å². The van der Waals surface area contributed by atoms with E-state index in [-0.39, 0.29) is 11.9 Å². The Bertz CT molecular complexity index is 1080. The molecule has 0 aliphatic carbocycles. The third-order valence-corrected chi connectivity index (χ3v) is 6.79. The van der Waals surface area contributed by atoms with E-state index >= 15 is 0 Å². The van der Waals surface area contributed by atoms with Crippen molar-refractivity contribution in [2.45, 2.75) is 32.7 Å². The predicted molar refractivity (Wildman–Crippen MR) is 126 cm³/mol. The van der Waals surface area contributed by atoms with Crippen LogP contribution >= 0.6 is 34.7 Å². The van der Waals surface area contributed by atoms with Gasteiger partial charge in [0.25, 0.3) is 5.91 Å². The summed E-state index contributed by atoms with van der Waals surface area (Å²) >= 11 is 13.5. The highest BCUT2D eigenvalue weighted by Crippen LogP contribution is 2.33. The van der Waals surface area contributed by atoms with Crippen LogP contribution in [0.3, 0.4) is 0 Å². The highest BCUT2D eigenvalue weighted by atomic mass is 35.5. The van der Waals surface area contributed by atoms with Crippen molar-refractivity contribution in [1.82, 2.24) is 19.9 Å². The summed E-state index contributed by atoms with van der Waals surface area (Å²) in [6, 6.07) is 7.32. The van der Waals surface area contributed by atoms with E-state index in [2.05, 4.69) is 25.1 Å². The van der Waals surface area contributed by atoms with E-state index in [0.717, 1.165) is 34.1 Å². The fraction of sp³-hybridized carbons (Fsp3) is 0.333. The summed E-state index contributed by atoms with van der Waals surface area (Å²) in [5.41, 5.74) is 3.02. The van der Waals surface area contributed by atoms with Crippen LogP contribution in [0.1, 0.15) is 33.9 Å². The van der Waals surface area contributed by atoms with E-state index in [1.807, 2.05) is 18.7 Å². The van der Waals surface area contributed by atoms with Crippen molar-refractivity contribution in [2.75, 3.05) is 23.2 Å². The molecule has 0 unspecified atom stereocenters. The molecule has 0 atom stereocenters. The van der Waals surface area contributed by atoms with Gasteiger partial charge in [0.15, 0.2) is 0 Å². The molecule has 3 heterocycles. The molecule has 0 saturated carbocycles. The number of thiazole rings is 1. The lowest BCUT2D eigenvalue weighted by atomic mass is 10.0. The summed E-state index contributed by atoms with van der Waals surface area (Å²) < 4.78 is 0. The smallest absolute Gasteiger partial charge is 0.253 e. The molecule has 10 heteroatoms. The normalized spacial score (nSPS) is 14.5. The number of aryl methyl sites for hydroxylation is 2. The molecule has 1 saturated heterocycles. The van der Waals surface area contributed by atoms with Crippen LogP contribution in [0.15, 0.2) is 30.5 Å². The van der Waals surface area contributed by atoms with Crippen molar-refractivity contribution < 1.29 is 4.79 Å². The van der Waals surface area contributed by atoms with E-state index in [4.69, 9.17) is 23.4 Å². The number of hydrogen-bond donors (Lipinski definition) is 2. The fourth-order valence-electron chi connectivity index (χ4n) is 3.61. The van der Waals surface area contributed by atoms with E-state index in [0.29, 0.717) is 35.3 Å². The molecule has 162 valence electrons. The molecular weight excluding hydrogens is 455 g/mol. The number of carbonyl (C=O) groups is 1. The van der Waals surface area contributed by atoms with Gasteiger partial charge in [0.05, 0.1) is 26.8 Å². The summed E-state index contributed by atoms with van der Waals surface area (Å²) in [6.45, 7) is 5.25. The Kier molecular flexibility index (Phi) is 6.60. The maximum Gasteiger partial charge on any atom is 0.253 e. The quantitative estimate of drug-likeness (QED) is 0.495. The lowest BCUT2D eigenvalue weighted by Gasteiger charge is -2.32. The Hall–Kier alpha value is -2.42. The molecule has 1 aromatic carbocycles. The van der Waals surface area contributed by atoms with Crippen LogP contribution in [0, 0.1) is 13.8 Å². The molecule has 1 amide bonds. The molecule has 1 aliphatic rings. The Morgan fingerprint density at radius 2 is 1.87 bits per heavy atom. The van der Waals surface area contributed by atoms with E-state index in [1.165, 1.54) is 0 Å². The molecule has 2 N–H and O–H groups in total. The second kappa shape index (κ2) is 9.38. The number of halogens is 2. The van der Waals surface area contributed by atoms with Gasteiger partial charge in [0.1, 0.15) is 5.69 Å². The maximum absolute atomic E-state index is 12.7. The van der Waals surface area contributed by atoms with Gasteiger partial charge in [-0.2, -0.15) is 0 Å². The molecule has 4 rings (SSSR count). The maximum atomic E-state index is 12.7. The zero-order chi connectivity index (χ0) is 22.0. The number of nitrogens with one attached hydrogen (secondary N) is 2. The van der Waals surface area contributed by atoms with Gasteiger partial charge in [0, 0.05) is 42.2 Å². The highest BCUT2D eigenvalue weighted by Gasteiger charge is 2.24. The monoisotopic (exact) mass is 476 g/mol. The third-order valence-electron chi connectivity index (χ3n) is 5.22. The number of piperidine rings is 1. The Morgan fingerprint density at radius 3 is 2.48 bits per heavy atom.